The molecule has 0 aliphatic heterocycles. The Hall–Kier alpha value is -2.60. The molecule has 3 aromatic carbocycles. The molecule has 198 valence electrons. The van der Waals surface area contributed by atoms with Crippen molar-refractivity contribution in [3.05, 3.63) is 89.5 Å². The summed E-state index contributed by atoms with van der Waals surface area (Å²) in [5.41, 5.74) is 2.26. The van der Waals surface area contributed by atoms with Gasteiger partial charge in [-0.3, -0.25) is 0 Å². The molecule has 0 aromatic heterocycles. The van der Waals surface area contributed by atoms with Gasteiger partial charge >= 0.3 is 7.60 Å². The molecule has 37 heavy (non-hydrogen) atoms. The zero-order valence-corrected chi connectivity index (χ0v) is 23.6. The van der Waals surface area contributed by atoms with Crippen molar-refractivity contribution in [3.8, 4) is 11.5 Å². The molecule has 1 saturated carbocycles. The highest BCUT2D eigenvalue weighted by Crippen LogP contribution is 2.63. The molecule has 8 heteroatoms. The van der Waals surface area contributed by atoms with Crippen molar-refractivity contribution in [2.75, 3.05) is 0 Å². The van der Waals surface area contributed by atoms with E-state index in [1.54, 1.807) is 69.3 Å². The molecule has 1 atom stereocenters. The van der Waals surface area contributed by atoms with Crippen LogP contribution < -0.4 is 13.8 Å². The SMILES string of the molecule is Cc1cc(C)c(S(=O)(=O)NC(C)(C2CCCCC2)P(=O)(Oc2ccccc2)Oc2ccccc2)c(C)c1. The van der Waals surface area contributed by atoms with Crippen molar-refractivity contribution in [1.82, 2.24) is 4.72 Å². The number of hydrogen-bond donors (Lipinski definition) is 1. The van der Waals surface area contributed by atoms with Gasteiger partial charge in [0.05, 0.1) is 4.90 Å². The third-order valence-corrected chi connectivity index (χ3v) is 11.7. The summed E-state index contributed by atoms with van der Waals surface area (Å²) in [5.74, 6) is 0.455. The van der Waals surface area contributed by atoms with Crippen molar-refractivity contribution in [2.24, 2.45) is 5.92 Å². The molecule has 0 saturated heterocycles. The lowest BCUT2D eigenvalue weighted by molar-refractivity contribution is 0.229. The van der Waals surface area contributed by atoms with Crippen LogP contribution in [-0.4, -0.2) is 13.7 Å². The second-order valence-corrected chi connectivity index (χ2v) is 14.0. The first-order valence-corrected chi connectivity index (χ1v) is 15.8. The Kier molecular flexibility index (Phi) is 8.17. The molecule has 0 amide bonds. The van der Waals surface area contributed by atoms with Crippen LogP contribution in [0, 0.1) is 26.7 Å². The average Bonchev–Trinajstić information content (AvgIpc) is 2.84. The monoisotopic (exact) mass is 541 g/mol. The lowest BCUT2D eigenvalue weighted by Crippen LogP contribution is -2.53. The van der Waals surface area contributed by atoms with Gasteiger partial charge in [-0.2, -0.15) is 4.72 Å². The molecule has 1 aliphatic carbocycles. The molecule has 6 nitrogen and oxygen atoms in total. The van der Waals surface area contributed by atoms with Gasteiger partial charge in [-0.1, -0.05) is 73.4 Å². The highest BCUT2D eigenvalue weighted by Gasteiger charge is 2.57. The van der Waals surface area contributed by atoms with Crippen molar-refractivity contribution in [1.29, 1.82) is 0 Å². The van der Waals surface area contributed by atoms with Gasteiger partial charge in [-0.25, -0.2) is 13.0 Å². The van der Waals surface area contributed by atoms with Gasteiger partial charge in [0.1, 0.15) is 11.5 Å². The first-order chi connectivity index (χ1) is 17.5. The van der Waals surface area contributed by atoms with E-state index >= 15 is 4.57 Å². The van der Waals surface area contributed by atoms with Crippen molar-refractivity contribution >= 4 is 17.6 Å². The van der Waals surface area contributed by atoms with E-state index in [0.717, 1.165) is 24.8 Å². The van der Waals surface area contributed by atoms with E-state index in [-0.39, 0.29) is 10.8 Å². The summed E-state index contributed by atoms with van der Waals surface area (Å²) in [6.45, 7) is 7.19. The van der Waals surface area contributed by atoms with Gasteiger partial charge < -0.3 is 9.05 Å². The topological polar surface area (TPSA) is 81.7 Å². The van der Waals surface area contributed by atoms with Crippen LogP contribution in [0.4, 0.5) is 0 Å². The molecule has 0 heterocycles. The predicted octanol–water partition coefficient (Wildman–Crippen LogP) is 7.54. The Bertz CT molecular complexity index is 1300. The third-order valence-electron chi connectivity index (χ3n) is 7.12. The van der Waals surface area contributed by atoms with Gasteiger partial charge in [0.25, 0.3) is 0 Å². The normalized spacial score (nSPS) is 16.6. The number of hydrogen-bond acceptors (Lipinski definition) is 5. The largest absolute Gasteiger partial charge is 0.451 e. The fourth-order valence-electron chi connectivity index (χ4n) is 5.39. The highest BCUT2D eigenvalue weighted by atomic mass is 32.2. The second kappa shape index (κ2) is 11.0. The standard InChI is InChI=1S/C29H36NO5PS/c1-22-20-23(2)28(24(3)21-22)37(32,33)30-29(4,25-14-8-5-9-15-25)36(31,34-26-16-10-6-11-17-26)35-27-18-12-7-13-19-27/h6-7,10-13,16-21,25,30H,5,8-9,14-15H2,1-4H3. The number of sulfonamides is 1. The van der Waals surface area contributed by atoms with Gasteiger partial charge in [-0.15, -0.1) is 0 Å². The van der Waals surface area contributed by atoms with Crippen LogP contribution in [0.2, 0.25) is 0 Å². The van der Waals surface area contributed by atoms with Gasteiger partial charge in [0.2, 0.25) is 10.0 Å². The van der Waals surface area contributed by atoms with E-state index in [2.05, 4.69) is 4.72 Å². The van der Waals surface area contributed by atoms with Crippen LogP contribution >= 0.6 is 7.60 Å². The summed E-state index contributed by atoms with van der Waals surface area (Å²) in [6.07, 6.45) is 4.32. The summed E-state index contributed by atoms with van der Waals surface area (Å²) in [6, 6.07) is 21.3. The Balaban J connectivity index is 1.86. The van der Waals surface area contributed by atoms with Crippen LogP contribution in [0.1, 0.15) is 55.7 Å². The Morgan fingerprint density at radius 3 is 1.73 bits per heavy atom. The molecular weight excluding hydrogens is 505 g/mol. The lowest BCUT2D eigenvalue weighted by Gasteiger charge is -2.43. The fourth-order valence-corrected chi connectivity index (χ4v) is 9.90. The third kappa shape index (κ3) is 5.95. The number of rotatable bonds is 9. The maximum absolute atomic E-state index is 15.0. The maximum atomic E-state index is 15.0. The second-order valence-electron chi connectivity index (χ2n) is 10.1. The van der Waals surface area contributed by atoms with Gasteiger partial charge in [0.15, 0.2) is 5.28 Å². The minimum absolute atomic E-state index is 0.200. The van der Waals surface area contributed by atoms with E-state index in [4.69, 9.17) is 9.05 Å². The van der Waals surface area contributed by atoms with E-state index in [1.165, 1.54) is 0 Å². The summed E-state index contributed by atoms with van der Waals surface area (Å²) < 4.78 is 58.4. The Morgan fingerprint density at radius 2 is 1.27 bits per heavy atom. The number of para-hydroxylation sites is 2. The molecular formula is C29H36NO5PS. The van der Waals surface area contributed by atoms with Crippen molar-refractivity contribution < 1.29 is 22.0 Å². The lowest BCUT2D eigenvalue weighted by atomic mass is 9.84. The smallest absolute Gasteiger partial charge is 0.415 e. The molecule has 1 aliphatic rings. The molecule has 0 radical (unpaired) electrons. The quantitative estimate of drug-likeness (QED) is 0.283. The van der Waals surface area contributed by atoms with Crippen molar-refractivity contribution in [3.63, 3.8) is 0 Å². The van der Waals surface area contributed by atoms with Crippen LogP contribution in [0.15, 0.2) is 77.7 Å². The Morgan fingerprint density at radius 1 is 0.811 bits per heavy atom. The van der Waals surface area contributed by atoms with Crippen LogP contribution in [0.3, 0.4) is 0 Å². The minimum atomic E-state index is -4.20. The Labute approximate surface area is 221 Å². The summed E-state index contributed by atoms with van der Waals surface area (Å²) in [5, 5.41) is -1.53. The zero-order chi connectivity index (χ0) is 26.7. The number of benzene rings is 3. The molecule has 0 bridgehead atoms. The van der Waals surface area contributed by atoms with Crippen LogP contribution in [0.5, 0.6) is 11.5 Å². The van der Waals surface area contributed by atoms with E-state index in [1.807, 2.05) is 31.2 Å². The average molecular weight is 542 g/mol. The van der Waals surface area contributed by atoms with E-state index in [9.17, 15) is 8.42 Å². The molecule has 4 rings (SSSR count). The van der Waals surface area contributed by atoms with Crippen molar-refractivity contribution in [2.45, 2.75) is 70.0 Å². The summed E-state index contributed by atoms with van der Waals surface area (Å²) in [4.78, 5) is 0.200. The summed E-state index contributed by atoms with van der Waals surface area (Å²) >= 11 is 0. The van der Waals surface area contributed by atoms with Crippen LogP contribution in [-0.2, 0) is 14.6 Å². The van der Waals surface area contributed by atoms with E-state index < -0.39 is 22.9 Å². The number of aryl methyl sites for hydroxylation is 3. The molecule has 1 N–H and O–H groups in total. The van der Waals surface area contributed by atoms with Gasteiger partial charge in [-0.05, 0) is 81.8 Å². The molecule has 1 unspecified atom stereocenters. The molecule has 3 aromatic rings. The zero-order valence-electron chi connectivity index (χ0n) is 21.9. The minimum Gasteiger partial charge on any atom is -0.415 e. The number of nitrogens with one attached hydrogen (secondary N) is 1. The van der Waals surface area contributed by atoms with Crippen LogP contribution in [0.25, 0.3) is 0 Å². The van der Waals surface area contributed by atoms with Gasteiger partial charge in [0, 0.05) is 0 Å². The molecule has 0 spiro atoms. The highest BCUT2D eigenvalue weighted by molar-refractivity contribution is 7.90. The maximum Gasteiger partial charge on any atom is 0.451 e. The predicted molar refractivity (Wildman–Crippen MR) is 148 cm³/mol. The molecule has 1 fully saturated rings. The summed E-state index contributed by atoms with van der Waals surface area (Å²) in [7, 11) is -8.30. The van der Waals surface area contributed by atoms with E-state index in [0.29, 0.717) is 35.5 Å². The first kappa shape index (κ1) is 27.4. The first-order valence-electron chi connectivity index (χ1n) is 12.8. The fraction of sp³-hybridized carbons (Fsp3) is 0.379.